The fourth-order valence-corrected chi connectivity index (χ4v) is 3.18. The molecule has 126 valence electrons. The first-order valence-electron chi connectivity index (χ1n) is 7.33. The van der Waals surface area contributed by atoms with E-state index in [1.807, 2.05) is 0 Å². The number of phenols is 1. The number of amides is 1. The Morgan fingerprint density at radius 3 is 2.60 bits per heavy atom. The average molecular weight is 354 g/mol. The Morgan fingerprint density at radius 2 is 1.92 bits per heavy atom. The van der Waals surface area contributed by atoms with E-state index >= 15 is 0 Å². The number of hydrogen-bond donors (Lipinski definition) is 2. The van der Waals surface area contributed by atoms with Crippen LogP contribution in [0.25, 0.3) is 6.08 Å². The molecule has 7 heteroatoms. The minimum absolute atomic E-state index is 0.138. The van der Waals surface area contributed by atoms with Crippen LogP contribution in [0.5, 0.6) is 5.75 Å². The monoisotopic (exact) mass is 354 g/mol. The van der Waals surface area contributed by atoms with Crippen molar-refractivity contribution in [3.05, 3.63) is 64.6 Å². The summed E-state index contributed by atoms with van der Waals surface area (Å²) in [5.74, 6) is -1.06. The van der Waals surface area contributed by atoms with E-state index in [0.29, 0.717) is 15.8 Å². The van der Waals surface area contributed by atoms with Crippen LogP contribution in [0.15, 0.2) is 58.4 Å². The number of phenolic OH excluding ortho intramolecular Hbond substituents is 1. The van der Waals surface area contributed by atoms with Gasteiger partial charge in [0.05, 0.1) is 16.2 Å². The number of benzene rings is 2. The van der Waals surface area contributed by atoms with Gasteiger partial charge in [-0.15, -0.1) is 0 Å². The maximum Gasteiger partial charge on any atom is 0.335 e. The van der Waals surface area contributed by atoms with Crippen molar-refractivity contribution in [2.45, 2.75) is 0 Å². The van der Waals surface area contributed by atoms with E-state index in [0.717, 1.165) is 5.56 Å². The molecule has 1 amide bonds. The van der Waals surface area contributed by atoms with E-state index in [-0.39, 0.29) is 17.2 Å². The minimum atomic E-state index is -1.03. The summed E-state index contributed by atoms with van der Waals surface area (Å²) in [7, 11) is 1.62. The molecule has 0 radical (unpaired) electrons. The standard InChI is InChI=1S/C18H14N2O4S/c1-20-16(22)15(9-11-5-7-14(21)8-6-11)25-18(20)19-13-4-2-3-12(10-13)17(23)24/h2-10,21H,1H3,(H,23,24)/b15-9-,19-18?. The molecule has 0 saturated carbocycles. The van der Waals surface area contributed by atoms with Gasteiger partial charge in [-0.2, -0.15) is 0 Å². The number of carbonyl (C=O) groups is 2. The van der Waals surface area contributed by atoms with Crippen molar-refractivity contribution in [1.29, 1.82) is 0 Å². The molecule has 1 aliphatic heterocycles. The predicted molar refractivity (Wildman–Crippen MR) is 96.9 cm³/mol. The second-order valence-corrected chi connectivity index (χ2v) is 6.33. The molecule has 0 aromatic heterocycles. The van der Waals surface area contributed by atoms with Gasteiger partial charge in [0.1, 0.15) is 5.75 Å². The zero-order valence-corrected chi connectivity index (χ0v) is 14.0. The number of aliphatic imine (C=N–C) groups is 1. The van der Waals surface area contributed by atoms with Gasteiger partial charge >= 0.3 is 5.97 Å². The lowest BCUT2D eigenvalue weighted by atomic mass is 10.2. The van der Waals surface area contributed by atoms with Crippen LogP contribution in [0.2, 0.25) is 0 Å². The summed E-state index contributed by atoms with van der Waals surface area (Å²) >= 11 is 1.21. The maximum atomic E-state index is 12.4. The first-order valence-corrected chi connectivity index (χ1v) is 8.14. The maximum absolute atomic E-state index is 12.4. The zero-order chi connectivity index (χ0) is 18.0. The zero-order valence-electron chi connectivity index (χ0n) is 13.2. The van der Waals surface area contributed by atoms with Crippen molar-refractivity contribution in [2.75, 3.05) is 7.05 Å². The van der Waals surface area contributed by atoms with Crippen LogP contribution >= 0.6 is 11.8 Å². The molecule has 1 saturated heterocycles. The molecule has 2 aromatic rings. The summed E-state index contributed by atoms with van der Waals surface area (Å²) in [6.45, 7) is 0. The molecular formula is C18H14N2O4S. The molecule has 0 bridgehead atoms. The second kappa shape index (κ2) is 6.82. The highest BCUT2D eigenvalue weighted by Gasteiger charge is 2.30. The number of hydrogen-bond acceptors (Lipinski definition) is 5. The highest BCUT2D eigenvalue weighted by molar-refractivity contribution is 8.18. The van der Waals surface area contributed by atoms with Gasteiger partial charge in [-0.05, 0) is 53.7 Å². The van der Waals surface area contributed by atoms with Crippen molar-refractivity contribution in [3.8, 4) is 5.75 Å². The summed E-state index contributed by atoms with van der Waals surface area (Å²) < 4.78 is 0. The quantitative estimate of drug-likeness (QED) is 0.825. The molecule has 1 aliphatic rings. The van der Waals surface area contributed by atoms with Gasteiger partial charge in [0.2, 0.25) is 0 Å². The van der Waals surface area contributed by atoms with E-state index in [9.17, 15) is 14.7 Å². The van der Waals surface area contributed by atoms with Crippen LogP contribution in [-0.4, -0.2) is 39.2 Å². The van der Waals surface area contributed by atoms with Crippen molar-refractivity contribution in [3.63, 3.8) is 0 Å². The Balaban J connectivity index is 1.89. The molecule has 2 aromatic carbocycles. The number of carboxylic acid groups (broad SMARTS) is 1. The SMILES string of the molecule is CN1C(=O)/C(=C/c2ccc(O)cc2)SC1=Nc1cccc(C(=O)O)c1. The molecule has 1 heterocycles. The van der Waals surface area contributed by atoms with Crippen molar-refractivity contribution < 1.29 is 19.8 Å². The molecule has 0 atom stereocenters. The number of aromatic hydroxyl groups is 1. The Hall–Kier alpha value is -3.06. The minimum Gasteiger partial charge on any atom is -0.508 e. The van der Waals surface area contributed by atoms with Crippen LogP contribution in [0.3, 0.4) is 0 Å². The van der Waals surface area contributed by atoms with Crippen LogP contribution in [0.1, 0.15) is 15.9 Å². The third kappa shape index (κ3) is 3.72. The fraction of sp³-hybridized carbons (Fsp3) is 0.0556. The number of nitrogens with zero attached hydrogens (tertiary/aromatic N) is 2. The molecule has 0 unspecified atom stereocenters. The highest BCUT2D eigenvalue weighted by atomic mass is 32.2. The lowest BCUT2D eigenvalue weighted by molar-refractivity contribution is -0.121. The lowest BCUT2D eigenvalue weighted by Gasteiger charge is -2.07. The van der Waals surface area contributed by atoms with Gasteiger partial charge < -0.3 is 10.2 Å². The van der Waals surface area contributed by atoms with E-state index in [2.05, 4.69) is 4.99 Å². The largest absolute Gasteiger partial charge is 0.508 e. The average Bonchev–Trinajstić information content (AvgIpc) is 2.85. The fourth-order valence-electron chi connectivity index (χ4n) is 2.19. The summed E-state index contributed by atoms with van der Waals surface area (Å²) in [4.78, 5) is 29.7. The predicted octanol–water partition coefficient (Wildman–Crippen LogP) is 3.32. The van der Waals surface area contributed by atoms with Gasteiger partial charge in [-0.1, -0.05) is 18.2 Å². The number of likely N-dealkylation sites (N-methyl/N-ethyl adjacent to an activating group) is 1. The van der Waals surface area contributed by atoms with Gasteiger partial charge in [0, 0.05) is 7.05 Å². The summed E-state index contributed by atoms with van der Waals surface area (Å²) in [6, 6.07) is 12.7. The molecule has 0 spiro atoms. The van der Waals surface area contributed by atoms with E-state index < -0.39 is 5.97 Å². The topological polar surface area (TPSA) is 90.2 Å². The van der Waals surface area contributed by atoms with Crippen LogP contribution < -0.4 is 0 Å². The molecule has 25 heavy (non-hydrogen) atoms. The summed E-state index contributed by atoms with van der Waals surface area (Å²) in [5, 5.41) is 18.8. The first-order chi connectivity index (χ1) is 11.9. The van der Waals surface area contributed by atoms with Gasteiger partial charge in [0.15, 0.2) is 5.17 Å². The normalized spacial score (nSPS) is 17.5. The van der Waals surface area contributed by atoms with Crippen LogP contribution in [-0.2, 0) is 4.79 Å². The molecule has 6 nitrogen and oxygen atoms in total. The van der Waals surface area contributed by atoms with E-state index in [1.165, 1.54) is 28.8 Å². The number of thioether (sulfide) groups is 1. The smallest absolute Gasteiger partial charge is 0.335 e. The molecule has 1 fully saturated rings. The highest BCUT2D eigenvalue weighted by Crippen LogP contribution is 2.33. The number of rotatable bonds is 3. The second-order valence-electron chi connectivity index (χ2n) is 5.32. The van der Waals surface area contributed by atoms with Gasteiger partial charge in [-0.25, -0.2) is 9.79 Å². The number of aromatic carboxylic acids is 1. The van der Waals surface area contributed by atoms with Crippen molar-refractivity contribution in [2.24, 2.45) is 4.99 Å². The number of carbonyl (C=O) groups excluding carboxylic acids is 1. The van der Waals surface area contributed by atoms with Crippen LogP contribution in [0.4, 0.5) is 5.69 Å². The first kappa shape index (κ1) is 16.8. The van der Waals surface area contributed by atoms with Crippen molar-refractivity contribution >= 4 is 40.6 Å². The lowest BCUT2D eigenvalue weighted by Crippen LogP contribution is -2.23. The van der Waals surface area contributed by atoms with Crippen LogP contribution in [0, 0.1) is 0 Å². The van der Waals surface area contributed by atoms with E-state index in [1.54, 1.807) is 49.5 Å². The summed E-state index contributed by atoms with van der Waals surface area (Å²) in [6.07, 6.45) is 1.72. The molecule has 0 aliphatic carbocycles. The van der Waals surface area contributed by atoms with Gasteiger partial charge in [0.25, 0.3) is 5.91 Å². The van der Waals surface area contributed by atoms with Gasteiger partial charge in [-0.3, -0.25) is 9.69 Å². The molecule has 2 N–H and O–H groups in total. The molecular weight excluding hydrogens is 340 g/mol. The Morgan fingerprint density at radius 1 is 1.20 bits per heavy atom. The number of amidine groups is 1. The third-order valence-corrected chi connectivity index (χ3v) is 4.57. The van der Waals surface area contributed by atoms with E-state index in [4.69, 9.17) is 5.11 Å². The Labute approximate surface area is 148 Å². The van der Waals surface area contributed by atoms with Crippen molar-refractivity contribution in [1.82, 2.24) is 4.90 Å². The Bertz CT molecular complexity index is 904. The Kier molecular flexibility index (Phi) is 4.58. The third-order valence-electron chi connectivity index (χ3n) is 3.51. The molecule has 3 rings (SSSR count). The summed E-state index contributed by atoms with van der Waals surface area (Å²) in [5.41, 5.74) is 1.39. The number of carboxylic acids is 1.